The van der Waals surface area contributed by atoms with Crippen LogP contribution >= 0.6 is 11.6 Å². The molecule has 0 bridgehead atoms. The fourth-order valence-electron chi connectivity index (χ4n) is 1.21. The predicted molar refractivity (Wildman–Crippen MR) is 59.4 cm³/mol. The normalized spacial score (nSPS) is 14.1. The minimum Gasteiger partial charge on any atom is -0.387 e. The average molecular weight is 214 g/mol. The zero-order valence-corrected chi connectivity index (χ0v) is 9.47. The molecule has 3 heteroatoms. The van der Waals surface area contributed by atoms with Crippen molar-refractivity contribution in [1.82, 2.24) is 0 Å². The van der Waals surface area contributed by atoms with Crippen molar-refractivity contribution in [2.45, 2.75) is 32.4 Å². The summed E-state index contributed by atoms with van der Waals surface area (Å²) in [5, 5.41) is 10.5. The smallest absolute Gasteiger partial charge is 0.0964 e. The first-order chi connectivity index (χ1) is 6.32. The molecule has 0 saturated carbocycles. The monoisotopic (exact) mass is 213 g/mol. The van der Waals surface area contributed by atoms with Crippen LogP contribution in [0.2, 0.25) is 5.02 Å². The molecule has 0 aliphatic rings. The van der Waals surface area contributed by atoms with Gasteiger partial charge in [0, 0.05) is 10.6 Å². The predicted octanol–water partition coefficient (Wildman–Crippen LogP) is 2.42. The molecule has 0 radical (unpaired) electrons. The van der Waals surface area contributed by atoms with E-state index in [1.807, 2.05) is 19.1 Å². The molecule has 2 nitrogen and oxygen atoms in total. The van der Waals surface area contributed by atoms with Crippen LogP contribution in [0.5, 0.6) is 0 Å². The van der Waals surface area contributed by atoms with E-state index in [2.05, 4.69) is 0 Å². The number of hydrogen-bond acceptors (Lipinski definition) is 2. The van der Waals surface area contributed by atoms with Gasteiger partial charge in [-0.05, 0) is 38.0 Å². The van der Waals surface area contributed by atoms with Gasteiger partial charge in [0.15, 0.2) is 0 Å². The van der Waals surface area contributed by atoms with E-state index < -0.39 is 11.6 Å². The van der Waals surface area contributed by atoms with Gasteiger partial charge in [0.05, 0.1) is 6.10 Å². The van der Waals surface area contributed by atoms with E-state index in [0.29, 0.717) is 5.02 Å². The highest BCUT2D eigenvalue weighted by Crippen LogP contribution is 2.26. The Bertz CT molecular complexity index is 331. The molecule has 0 amide bonds. The summed E-state index contributed by atoms with van der Waals surface area (Å²) in [5.74, 6) is 0. The highest BCUT2D eigenvalue weighted by Gasteiger charge is 2.24. The fraction of sp³-hybridized carbons (Fsp3) is 0.455. The summed E-state index contributed by atoms with van der Waals surface area (Å²) in [6, 6.07) is 5.49. The lowest BCUT2D eigenvalue weighted by Gasteiger charge is -2.26. The topological polar surface area (TPSA) is 46.2 Å². The third-order valence-corrected chi connectivity index (χ3v) is 2.62. The van der Waals surface area contributed by atoms with Gasteiger partial charge in [0.2, 0.25) is 0 Å². The Hall–Kier alpha value is -0.570. The maximum Gasteiger partial charge on any atom is 0.0964 e. The van der Waals surface area contributed by atoms with E-state index in [1.54, 1.807) is 19.9 Å². The first kappa shape index (κ1) is 11.5. The highest BCUT2D eigenvalue weighted by atomic mass is 35.5. The first-order valence-corrected chi connectivity index (χ1v) is 4.93. The summed E-state index contributed by atoms with van der Waals surface area (Å²) < 4.78 is 0. The van der Waals surface area contributed by atoms with Gasteiger partial charge < -0.3 is 10.8 Å². The molecular formula is C11H16ClNO. The van der Waals surface area contributed by atoms with Gasteiger partial charge in [-0.1, -0.05) is 23.7 Å². The number of nitrogens with two attached hydrogens (primary N) is 1. The maximum atomic E-state index is 9.89. The second-order valence-electron chi connectivity index (χ2n) is 4.23. The maximum absolute atomic E-state index is 9.89. The first-order valence-electron chi connectivity index (χ1n) is 4.55. The van der Waals surface area contributed by atoms with Crippen molar-refractivity contribution >= 4 is 11.6 Å². The number of halogens is 1. The molecule has 1 aromatic rings. The molecule has 0 aliphatic carbocycles. The summed E-state index contributed by atoms with van der Waals surface area (Å²) in [6.45, 7) is 5.49. The lowest BCUT2D eigenvalue weighted by molar-refractivity contribution is 0.104. The number of rotatable bonds is 2. The van der Waals surface area contributed by atoms with E-state index in [4.69, 9.17) is 17.3 Å². The minimum absolute atomic E-state index is 0.654. The molecule has 14 heavy (non-hydrogen) atoms. The summed E-state index contributed by atoms with van der Waals surface area (Å²) in [4.78, 5) is 0. The minimum atomic E-state index is -0.694. The second kappa shape index (κ2) is 3.89. The van der Waals surface area contributed by atoms with E-state index >= 15 is 0 Å². The van der Waals surface area contributed by atoms with Crippen molar-refractivity contribution in [2.24, 2.45) is 5.73 Å². The molecule has 0 aliphatic heterocycles. The van der Waals surface area contributed by atoms with E-state index in [9.17, 15) is 5.11 Å². The van der Waals surface area contributed by atoms with Crippen LogP contribution < -0.4 is 5.73 Å². The zero-order valence-electron chi connectivity index (χ0n) is 8.71. The zero-order chi connectivity index (χ0) is 10.9. The molecule has 78 valence electrons. The van der Waals surface area contributed by atoms with Crippen molar-refractivity contribution in [3.63, 3.8) is 0 Å². The third kappa shape index (κ3) is 2.47. The molecular weight excluding hydrogens is 198 g/mol. The van der Waals surface area contributed by atoms with Crippen LogP contribution in [0.3, 0.4) is 0 Å². The molecule has 1 rings (SSSR count). The van der Waals surface area contributed by atoms with Gasteiger partial charge in [-0.3, -0.25) is 0 Å². The summed E-state index contributed by atoms with van der Waals surface area (Å²) in [5.41, 5.74) is 6.91. The van der Waals surface area contributed by atoms with Gasteiger partial charge in [-0.25, -0.2) is 0 Å². The van der Waals surface area contributed by atoms with Crippen LogP contribution in [0.1, 0.15) is 31.1 Å². The SMILES string of the molecule is Cc1ccc(C(O)C(C)(C)N)cc1Cl. The number of aliphatic hydroxyl groups is 1. The summed E-state index contributed by atoms with van der Waals surface area (Å²) in [6.07, 6.45) is -0.694. The quantitative estimate of drug-likeness (QED) is 0.793. The Kier molecular flexibility index (Phi) is 3.20. The molecule has 3 N–H and O–H groups in total. The molecule has 0 saturated heterocycles. The van der Waals surface area contributed by atoms with Crippen LogP contribution in [0.15, 0.2) is 18.2 Å². The van der Waals surface area contributed by atoms with Crippen LogP contribution in [-0.2, 0) is 0 Å². The van der Waals surface area contributed by atoms with Crippen LogP contribution in [0.25, 0.3) is 0 Å². The number of hydrogen-bond donors (Lipinski definition) is 2. The highest BCUT2D eigenvalue weighted by molar-refractivity contribution is 6.31. The number of aliphatic hydroxyl groups excluding tert-OH is 1. The van der Waals surface area contributed by atoms with Gasteiger partial charge in [0.25, 0.3) is 0 Å². The molecule has 0 heterocycles. The van der Waals surface area contributed by atoms with Crippen molar-refractivity contribution in [3.8, 4) is 0 Å². The van der Waals surface area contributed by atoms with Crippen LogP contribution in [0.4, 0.5) is 0 Å². The van der Waals surface area contributed by atoms with Crippen molar-refractivity contribution in [3.05, 3.63) is 34.3 Å². The van der Waals surface area contributed by atoms with E-state index in [-0.39, 0.29) is 0 Å². The fourth-order valence-corrected chi connectivity index (χ4v) is 1.40. The lowest BCUT2D eigenvalue weighted by Crippen LogP contribution is -2.39. The molecule has 1 atom stereocenters. The Balaban J connectivity index is 3.03. The lowest BCUT2D eigenvalue weighted by atomic mass is 9.92. The molecule has 0 spiro atoms. The number of aryl methyl sites for hydroxylation is 1. The molecule has 1 unspecified atom stereocenters. The van der Waals surface area contributed by atoms with Gasteiger partial charge in [-0.15, -0.1) is 0 Å². The van der Waals surface area contributed by atoms with E-state index in [0.717, 1.165) is 11.1 Å². The van der Waals surface area contributed by atoms with Crippen LogP contribution in [-0.4, -0.2) is 10.6 Å². The Morgan fingerprint density at radius 3 is 2.43 bits per heavy atom. The second-order valence-corrected chi connectivity index (χ2v) is 4.64. The van der Waals surface area contributed by atoms with E-state index in [1.165, 1.54) is 0 Å². The van der Waals surface area contributed by atoms with Crippen molar-refractivity contribution in [2.75, 3.05) is 0 Å². The Labute approximate surface area is 89.7 Å². The standard InChI is InChI=1S/C11H16ClNO/c1-7-4-5-8(6-9(7)12)10(14)11(2,3)13/h4-6,10,14H,13H2,1-3H3. The van der Waals surface area contributed by atoms with Gasteiger partial charge in [0.1, 0.15) is 0 Å². The Morgan fingerprint density at radius 1 is 1.43 bits per heavy atom. The molecule has 0 aromatic heterocycles. The summed E-state index contributed by atoms with van der Waals surface area (Å²) in [7, 11) is 0. The van der Waals surface area contributed by atoms with Crippen molar-refractivity contribution < 1.29 is 5.11 Å². The average Bonchev–Trinajstić information content (AvgIpc) is 2.07. The number of benzene rings is 1. The van der Waals surface area contributed by atoms with Gasteiger partial charge >= 0.3 is 0 Å². The van der Waals surface area contributed by atoms with Gasteiger partial charge in [-0.2, -0.15) is 0 Å². The Morgan fingerprint density at radius 2 is 2.00 bits per heavy atom. The third-order valence-electron chi connectivity index (χ3n) is 2.22. The van der Waals surface area contributed by atoms with Crippen LogP contribution in [0, 0.1) is 6.92 Å². The molecule has 1 aromatic carbocycles. The summed E-state index contributed by atoms with van der Waals surface area (Å²) >= 11 is 5.96. The largest absolute Gasteiger partial charge is 0.387 e. The van der Waals surface area contributed by atoms with Crippen molar-refractivity contribution in [1.29, 1.82) is 0 Å². The molecule has 0 fully saturated rings.